The zero-order valence-electron chi connectivity index (χ0n) is 51.2. The topological polar surface area (TPSA) is 366 Å². The lowest BCUT2D eigenvalue weighted by atomic mass is 9.96. The van der Waals surface area contributed by atoms with E-state index in [1.165, 1.54) is 72.1 Å². The van der Waals surface area contributed by atoms with Gasteiger partial charge in [0.05, 0.1) is 19.1 Å². The number of hydrogen-bond acceptors (Lipinski definition) is 13. The Morgan fingerprint density at radius 2 is 0.840 bits per heavy atom. The molecule has 25 heteroatoms. The van der Waals surface area contributed by atoms with Crippen LogP contribution in [-0.4, -0.2) is 170 Å². The van der Waals surface area contributed by atoms with Crippen molar-refractivity contribution in [2.45, 2.75) is 240 Å². The van der Waals surface area contributed by atoms with Gasteiger partial charge in [0, 0.05) is 20.0 Å². The van der Waals surface area contributed by atoms with Crippen molar-refractivity contribution >= 4 is 70.9 Å². The number of nitrogens with two attached hydrogens (primary N) is 1. The Bertz CT molecular complexity index is 2300. The lowest BCUT2D eigenvalue weighted by Crippen LogP contribution is -2.66. The van der Waals surface area contributed by atoms with E-state index in [9.17, 15) is 62.6 Å². The summed E-state index contributed by atoms with van der Waals surface area (Å²) >= 11 is 0. The molecule has 0 aromatic rings. The fraction of sp³-hybridized carbons (Fsp3) is 0.786. The first-order valence-electron chi connectivity index (χ1n) is 28.4. The largest absolute Gasteiger partial charge is 0.394 e. The van der Waals surface area contributed by atoms with Crippen LogP contribution in [0.4, 0.5) is 0 Å². The molecule has 0 bridgehead atoms. The summed E-state index contributed by atoms with van der Waals surface area (Å²) in [5.41, 5.74) is -0.877. The van der Waals surface area contributed by atoms with Gasteiger partial charge >= 0.3 is 0 Å². The number of amides is 12. The molecule has 2 heterocycles. The van der Waals surface area contributed by atoms with Crippen molar-refractivity contribution in [3.05, 3.63) is 0 Å². The lowest BCUT2D eigenvalue weighted by Gasteiger charge is -2.37. The second-order valence-electron chi connectivity index (χ2n) is 25.7. The van der Waals surface area contributed by atoms with Crippen LogP contribution in [-0.2, 0) is 57.5 Å². The molecule has 460 valence electrons. The van der Waals surface area contributed by atoms with Crippen LogP contribution in [0.5, 0.6) is 0 Å². The van der Waals surface area contributed by atoms with E-state index >= 15 is 0 Å². The van der Waals surface area contributed by atoms with E-state index in [0.717, 1.165) is 0 Å². The second-order valence-corrected chi connectivity index (χ2v) is 25.7. The van der Waals surface area contributed by atoms with E-state index in [1.807, 2.05) is 41.5 Å². The lowest BCUT2D eigenvalue weighted by molar-refractivity contribution is -0.146. The molecule has 12 amide bonds. The highest BCUT2D eigenvalue weighted by Gasteiger charge is 2.46. The normalized spacial score (nSPS) is 17.8. The highest BCUT2D eigenvalue weighted by molar-refractivity contribution is 6.01. The third-order valence-electron chi connectivity index (χ3n) is 14.0. The zero-order valence-corrected chi connectivity index (χ0v) is 51.2. The van der Waals surface area contributed by atoms with Crippen LogP contribution in [0, 0.1) is 23.7 Å². The van der Waals surface area contributed by atoms with Crippen LogP contribution in [0.3, 0.4) is 0 Å². The Kier molecular flexibility index (Phi) is 26.2. The summed E-state index contributed by atoms with van der Waals surface area (Å²) in [6.07, 6.45) is 1.79. The van der Waals surface area contributed by atoms with E-state index in [2.05, 4.69) is 47.9 Å². The van der Waals surface area contributed by atoms with Crippen molar-refractivity contribution < 1.29 is 62.6 Å². The van der Waals surface area contributed by atoms with E-state index in [0.29, 0.717) is 25.7 Å². The van der Waals surface area contributed by atoms with E-state index in [1.54, 1.807) is 13.8 Å². The first-order valence-corrected chi connectivity index (χ1v) is 28.4. The summed E-state index contributed by atoms with van der Waals surface area (Å²) in [7, 11) is 0. The molecule has 12 N–H and O–H groups in total. The summed E-state index contributed by atoms with van der Waals surface area (Å²) in [5.74, 6) is -8.57. The third kappa shape index (κ3) is 21.8. The minimum Gasteiger partial charge on any atom is -0.394 e. The van der Waals surface area contributed by atoms with Crippen molar-refractivity contribution in [1.82, 2.24) is 57.7 Å². The predicted molar refractivity (Wildman–Crippen MR) is 302 cm³/mol. The summed E-state index contributed by atoms with van der Waals surface area (Å²) in [4.78, 5) is 166. The maximum atomic E-state index is 14.4. The second kappa shape index (κ2) is 30.1. The summed E-state index contributed by atoms with van der Waals surface area (Å²) in [6.45, 7) is 27.8. The van der Waals surface area contributed by atoms with Gasteiger partial charge in [0.25, 0.3) is 0 Å². The van der Waals surface area contributed by atoms with Gasteiger partial charge in [-0.1, -0.05) is 55.4 Å². The number of aliphatic hydroxyl groups excluding tert-OH is 1. The fourth-order valence-electron chi connectivity index (χ4n) is 9.89. The number of nitrogens with one attached hydrogen (secondary N) is 9. The highest BCUT2D eigenvalue weighted by Crippen LogP contribution is 2.25. The van der Waals surface area contributed by atoms with Gasteiger partial charge in [0.2, 0.25) is 70.9 Å². The van der Waals surface area contributed by atoms with Gasteiger partial charge < -0.3 is 68.5 Å². The molecule has 0 aromatic heterocycles. The molecule has 0 aromatic carbocycles. The van der Waals surface area contributed by atoms with Crippen molar-refractivity contribution in [3.8, 4) is 0 Å². The Labute approximate surface area is 478 Å². The maximum absolute atomic E-state index is 14.4. The van der Waals surface area contributed by atoms with Crippen LogP contribution in [0.15, 0.2) is 0 Å². The van der Waals surface area contributed by atoms with Crippen LogP contribution in [0.1, 0.15) is 175 Å². The quantitative estimate of drug-likeness (QED) is 0.0454. The molecule has 0 spiro atoms. The van der Waals surface area contributed by atoms with Gasteiger partial charge in [-0.25, -0.2) is 0 Å². The van der Waals surface area contributed by atoms with Gasteiger partial charge in [-0.05, 0) is 130 Å². The van der Waals surface area contributed by atoms with E-state index in [-0.39, 0.29) is 69.1 Å². The van der Waals surface area contributed by atoms with E-state index < -0.39 is 142 Å². The van der Waals surface area contributed by atoms with Gasteiger partial charge in [-0.3, -0.25) is 57.5 Å². The van der Waals surface area contributed by atoms with Gasteiger partial charge in [0.1, 0.15) is 58.4 Å². The molecular formula is C56H98N12O13. The highest BCUT2D eigenvalue weighted by atomic mass is 16.3. The number of carbonyl (C=O) groups is 12. The van der Waals surface area contributed by atoms with Crippen LogP contribution >= 0.6 is 0 Å². The molecule has 25 nitrogen and oxygen atoms in total. The molecule has 0 aliphatic carbocycles. The van der Waals surface area contributed by atoms with E-state index in [4.69, 9.17) is 5.73 Å². The standard InChI is InChI=1S/C56H98N12O13/c1-30(2)24-35(29-69)58-47(76)40-20-18-22-67(40)52(81)56(16,17)66-50(79)54(12,13)64-45(74)38(27-33(7)8)61-48(77)41-21-19-23-68(41)51(80)55(14,15)65-46(75)37(26-32(5)6)60-43(72)36(25-31(3)4)59-44(73)39(28-42(57)71)62-49(78)53(10,11)63-34(9)70/h30-33,35-41,69H,18-29H2,1-17H3,(H2,57,71)(H,58,76)(H,59,73)(H,60,72)(H,61,77)(H,62,78)(H,63,70)(H,64,74)(H,65,75)(H,66,79)/t35-,36-,37-,38-,39-,40-,41-/m0/s1. The first kappa shape index (κ1) is 70.7. The number of nitrogens with zero attached hydrogens (tertiary/aromatic N) is 2. The third-order valence-corrected chi connectivity index (χ3v) is 14.0. The van der Waals surface area contributed by atoms with Crippen molar-refractivity contribution in [1.29, 1.82) is 0 Å². The molecule has 81 heavy (non-hydrogen) atoms. The van der Waals surface area contributed by atoms with Crippen molar-refractivity contribution in [3.63, 3.8) is 0 Å². The molecular weight excluding hydrogens is 1050 g/mol. The monoisotopic (exact) mass is 1150 g/mol. The zero-order chi connectivity index (χ0) is 62.3. The number of primary amides is 1. The number of rotatable bonds is 30. The Morgan fingerprint density at radius 3 is 1.25 bits per heavy atom. The molecule has 0 radical (unpaired) electrons. The average Bonchev–Trinajstić information content (AvgIpc) is 4.02. The van der Waals surface area contributed by atoms with Crippen LogP contribution in [0.2, 0.25) is 0 Å². The minimum atomic E-state index is -1.66. The first-order chi connectivity index (χ1) is 37.2. The van der Waals surface area contributed by atoms with Crippen molar-refractivity contribution in [2.75, 3.05) is 19.7 Å². The summed E-state index contributed by atoms with van der Waals surface area (Å²) in [5, 5.41) is 33.9. The molecule has 2 rings (SSSR count). The Hall–Kier alpha value is -6.40. The number of aliphatic hydroxyl groups is 1. The molecule has 2 fully saturated rings. The Morgan fingerprint density at radius 1 is 0.469 bits per heavy atom. The number of hydrogen-bond donors (Lipinski definition) is 11. The fourth-order valence-corrected chi connectivity index (χ4v) is 9.89. The number of carbonyl (C=O) groups excluding carboxylic acids is 12. The number of likely N-dealkylation sites (tertiary alicyclic amines) is 2. The summed E-state index contributed by atoms with van der Waals surface area (Å²) in [6, 6.07) is -7.58. The van der Waals surface area contributed by atoms with Crippen LogP contribution < -0.4 is 53.6 Å². The predicted octanol–water partition coefficient (Wildman–Crippen LogP) is 0.0436. The van der Waals surface area contributed by atoms with Gasteiger partial charge in [-0.2, -0.15) is 0 Å². The average molecular weight is 1150 g/mol. The van der Waals surface area contributed by atoms with Crippen LogP contribution in [0.25, 0.3) is 0 Å². The molecule has 7 atom stereocenters. The summed E-state index contributed by atoms with van der Waals surface area (Å²) < 4.78 is 0. The maximum Gasteiger partial charge on any atom is 0.248 e. The molecule has 0 unspecified atom stereocenters. The van der Waals surface area contributed by atoms with Gasteiger partial charge in [0.15, 0.2) is 0 Å². The molecule has 2 aliphatic rings. The molecule has 0 saturated carbocycles. The molecule has 2 aliphatic heterocycles. The van der Waals surface area contributed by atoms with Gasteiger partial charge in [-0.15, -0.1) is 0 Å². The minimum absolute atomic E-state index is 0.0634. The SMILES string of the molecule is CC(=O)NC(C)(C)C(=O)N[C@@H](CC(N)=O)C(=O)N[C@@H](CC(C)C)C(=O)N[C@@H](CC(C)C)C(=O)NC(C)(C)C(=O)N1CCC[C@H]1C(=O)N[C@@H](CC(C)C)C(=O)NC(C)(C)C(=O)NC(C)(C)C(=O)N1CCC[C@H]1C(=O)N[C@H](CO)CC(C)C. The Balaban J connectivity index is 2.27. The van der Waals surface area contributed by atoms with Crippen molar-refractivity contribution in [2.24, 2.45) is 29.4 Å². The molecule has 2 saturated heterocycles. The smallest absolute Gasteiger partial charge is 0.248 e.